The minimum atomic E-state index is -0.672. The van der Waals surface area contributed by atoms with Gasteiger partial charge < -0.3 is 16.0 Å². The number of benzene rings is 1. The maximum atomic E-state index is 12.1. The summed E-state index contributed by atoms with van der Waals surface area (Å²) < 4.78 is 0. The minimum absolute atomic E-state index is 0.0555. The molecule has 0 fully saturated rings. The molecule has 1 aromatic heterocycles. The predicted molar refractivity (Wildman–Crippen MR) is 96.7 cm³/mol. The number of carbonyl (C=O) groups is 2. The van der Waals surface area contributed by atoms with E-state index in [4.69, 9.17) is 5.73 Å². The molecule has 1 heterocycles. The Morgan fingerprint density at radius 2 is 1.88 bits per heavy atom. The molecule has 6 heteroatoms. The van der Waals surface area contributed by atoms with Gasteiger partial charge in [0, 0.05) is 31.9 Å². The maximum absolute atomic E-state index is 12.1. The van der Waals surface area contributed by atoms with E-state index in [-0.39, 0.29) is 18.4 Å². The Morgan fingerprint density at radius 3 is 2.56 bits per heavy atom. The highest BCUT2D eigenvalue weighted by Gasteiger charge is 2.16. The SMILES string of the molecule is CN(CCc1ccccn1)C(=O)CNC(=O)C(N)Cc1ccccc1. The molecule has 0 aliphatic rings. The molecule has 1 atom stereocenters. The summed E-state index contributed by atoms with van der Waals surface area (Å²) >= 11 is 0. The molecular formula is C19H24N4O2. The van der Waals surface area contributed by atoms with Crippen LogP contribution >= 0.6 is 0 Å². The van der Waals surface area contributed by atoms with Crippen LogP contribution in [0.1, 0.15) is 11.3 Å². The van der Waals surface area contributed by atoms with Crippen LogP contribution in [-0.2, 0) is 22.4 Å². The second-order valence-electron chi connectivity index (χ2n) is 5.90. The second kappa shape index (κ2) is 9.54. The second-order valence-corrected chi connectivity index (χ2v) is 5.90. The normalized spacial score (nSPS) is 11.6. The topological polar surface area (TPSA) is 88.3 Å². The summed E-state index contributed by atoms with van der Waals surface area (Å²) in [5.74, 6) is -0.480. The summed E-state index contributed by atoms with van der Waals surface area (Å²) in [6, 6.07) is 14.6. The van der Waals surface area contributed by atoms with Crippen LogP contribution in [0.4, 0.5) is 0 Å². The van der Waals surface area contributed by atoms with Crippen LogP contribution in [0, 0.1) is 0 Å². The molecule has 0 saturated heterocycles. The molecule has 6 nitrogen and oxygen atoms in total. The summed E-state index contributed by atoms with van der Waals surface area (Å²) in [4.78, 5) is 29.9. The first kappa shape index (κ1) is 18.6. The fourth-order valence-corrected chi connectivity index (χ4v) is 2.34. The van der Waals surface area contributed by atoms with Crippen LogP contribution in [0.2, 0.25) is 0 Å². The standard InChI is InChI=1S/C19H24N4O2/c1-23(12-10-16-9-5-6-11-21-16)18(24)14-22-19(25)17(20)13-15-7-3-2-4-8-15/h2-9,11,17H,10,12-14,20H2,1H3,(H,22,25). The fraction of sp³-hybridized carbons (Fsp3) is 0.316. The van der Waals surface area contributed by atoms with Crippen LogP contribution in [0.5, 0.6) is 0 Å². The largest absolute Gasteiger partial charge is 0.346 e. The highest BCUT2D eigenvalue weighted by molar-refractivity contribution is 5.87. The number of hydrogen-bond acceptors (Lipinski definition) is 4. The van der Waals surface area contributed by atoms with Gasteiger partial charge in [0.05, 0.1) is 12.6 Å². The van der Waals surface area contributed by atoms with E-state index in [1.54, 1.807) is 18.1 Å². The molecule has 1 aromatic carbocycles. The van der Waals surface area contributed by atoms with Crippen molar-refractivity contribution in [1.82, 2.24) is 15.2 Å². The molecule has 25 heavy (non-hydrogen) atoms. The Hall–Kier alpha value is -2.73. The number of likely N-dealkylation sites (N-methyl/N-ethyl adjacent to an activating group) is 1. The molecule has 0 aliphatic carbocycles. The molecule has 132 valence electrons. The van der Waals surface area contributed by atoms with Gasteiger partial charge in [0.2, 0.25) is 11.8 Å². The van der Waals surface area contributed by atoms with Gasteiger partial charge in [0.15, 0.2) is 0 Å². The third kappa shape index (κ3) is 6.35. The van der Waals surface area contributed by atoms with E-state index >= 15 is 0 Å². The van der Waals surface area contributed by atoms with E-state index in [1.165, 1.54) is 0 Å². The van der Waals surface area contributed by atoms with Gasteiger partial charge in [0.1, 0.15) is 0 Å². The smallest absolute Gasteiger partial charge is 0.241 e. The Balaban J connectivity index is 1.71. The van der Waals surface area contributed by atoms with Gasteiger partial charge in [0.25, 0.3) is 0 Å². The van der Waals surface area contributed by atoms with Crippen molar-refractivity contribution in [2.75, 3.05) is 20.1 Å². The zero-order chi connectivity index (χ0) is 18.1. The lowest BCUT2D eigenvalue weighted by Gasteiger charge is -2.18. The number of carbonyl (C=O) groups excluding carboxylic acids is 2. The lowest BCUT2D eigenvalue weighted by molar-refractivity contribution is -0.132. The predicted octanol–water partition coefficient (Wildman–Crippen LogP) is 0.769. The van der Waals surface area contributed by atoms with Crippen molar-refractivity contribution < 1.29 is 9.59 Å². The van der Waals surface area contributed by atoms with Gasteiger partial charge >= 0.3 is 0 Å². The molecule has 2 amide bonds. The summed E-state index contributed by atoms with van der Waals surface area (Å²) in [6.45, 7) is 0.488. The lowest BCUT2D eigenvalue weighted by atomic mass is 10.1. The molecule has 3 N–H and O–H groups in total. The molecule has 0 radical (unpaired) electrons. The van der Waals surface area contributed by atoms with Gasteiger partial charge in [-0.15, -0.1) is 0 Å². The van der Waals surface area contributed by atoms with Crippen LogP contribution in [0.3, 0.4) is 0 Å². The summed E-state index contributed by atoms with van der Waals surface area (Å²) in [6.07, 6.45) is 2.84. The first-order valence-corrected chi connectivity index (χ1v) is 8.27. The van der Waals surface area contributed by atoms with Crippen LogP contribution < -0.4 is 11.1 Å². The fourth-order valence-electron chi connectivity index (χ4n) is 2.34. The Morgan fingerprint density at radius 1 is 1.16 bits per heavy atom. The molecule has 2 aromatic rings. The number of rotatable bonds is 8. The number of amides is 2. The van der Waals surface area contributed by atoms with Crippen LogP contribution in [0.25, 0.3) is 0 Å². The third-order valence-corrected chi connectivity index (χ3v) is 3.90. The van der Waals surface area contributed by atoms with Crippen molar-refractivity contribution in [3.8, 4) is 0 Å². The Labute approximate surface area is 148 Å². The average Bonchev–Trinajstić information content (AvgIpc) is 2.65. The highest BCUT2D eigenvalue weighted by atomic mass is 16.2. The Kier molecular flexibility index (Phi) is 7.10. The van der Waals surface area contributed by atoms with Crippen LogP contribution in [-0.4, -0.2) is 47.9 Å². The molecule has 0 bridgehead atoms. The molecule has 0 aliphatic heterocycles. The summed E-state index contributed by atoms with van der Waals surface area (Å²) in [5.41, 5.74) is 7.82. The molecule has 0 spiro atoms. The number of pyridine rings is 1. The van der Waals surface area contributed by atoms with Gasteiger partial charge in [-0.05, 0) is 24.1 Å². The van der Waals surface area contributed by atoms with Crippen LogP contribution in [0.15, 0.2) is 54.7 Å². The third-order valence-electron chi connectivity index (χ3n) is 3.90. The van der Waals surface area contributed by atoms with E-state index in [2.05, 4.69) is 10.3 Å². The molecule has 2 rings (SSSR count). The van der Waals surface area contributed by atoms with Crippen molar-refractivity contribution >= 4 is 11.8 Å². The van der Waals surface area contributed by atoms with Crippen molar-refractivity contribution in [2.45, 2.75) is 18.9 Å². The van der Waals surface area contributed by atoms with E-state index in [1.807, 2.05) is 48.5 Å². The highest BCUT2D eigenvalue weighted by Crippen LogP contribution is 2.02. The van der Waals surface area contributed by atoms with Gasteiger partial charge in [-0.3, -0.25) is 14.6 Å². The van der Waals surface area contributed by atoms with Gasteiger partial charge in [-0.25, -0.2) is 0 Å². The average molecular weight is 340 g/mol. The number of nitrogens with one attached hydrogen (secondary N) is 1. The number of aromatic nitrogens is 1. The van der Waals surface area contributed by atoms with Crippen molar-refractivity contribution in [3.05, 3.63) is 66.0 Å². The van der Waals surface area contributed by atoms with E-state index in [0.29, 0.717) is 19.4 Å². The van der Waals surface area contributed by atoms with Crippen molar-refractivity contribution in [2.24, 2.45) is 5.73 Å². The number of nitrogens with zero attached hydrogens (tertiary/aromatic N) is 2. The zero-order valence-corrected chi connectivity index (χ0v) is 14.4. The van der Waals surface area contributed by atoms with Gasteiger partial charge in [-0.1, -0.05) is 36.4 Å². The zero-order valence-electron chi connectivity index (χ0n) is 14.4. The monoisotopic (exact) mass is 340 g/mol. The minimum Gasteiger partial charge on any atom is -0.346 e. The lowest BCUT2D eigenvalue weighted by Crippen LogP contribution is -2.46. The van der Waals surface area contributed by atoms with Gasteiger partial charge in [-0.2, -0.15) is 0 Å². The summed E-state index contributed by atoms with van der Waals surface area (Å²) in [7, 11) is 1.71. The Bertz CT molecular complexity index is 676. The molecule has 0 saturated carbocycles. The van der Waals surface area contributed by atoms with E-state index in [0.717, 1.165) is 11.3 Å². The quantitative estimate of drug-likeness (QED) is 0.743. The summed E-state index contributed by atoms with van der Waals surface area (Å²) in [5, 5.41) is 2.61. The molecule has 1 unspecified atom stereocenters. The molecular weight excluding hydrogens is 316 g/mol. The first-order chi connectivity index (χ1) is 12.1. The van der Waals surface area contributed by atoms with Crippen molar-refractivity contribution in [1.29, 1.82) is 0 Å². The van der Waals surface area contributed by atoms with Crippen molar-refractivity contribution in [3.63, 3.8) is 0 Å². The first-order valence-electron chi connectivity index (χ1n) is 8.27. The number of nitrogens with two attached hydrogens (primary N) is 1. The van der Waals surface area contributed by atoms with E-state index < -0.39 is 6.04 Å². The van der Waals surface area contributed by atoms with E-state index in [9.17, 15) is 9.59 Å². The number of hydrogen-bond donors (Lipinski definition) is 2. The maximum Gasteiger partial charge on any atom is 0.241 e.